The van der Waals surface area contributed by atoms with E-state index in [1.807, 2.05) is 13.8 Å². The van der Waals surface area contributed by atoms with Crippen LogP contribution in [0.15, 0.2) is 42.5 Å². The quantitative estimate of drug-likeness (QED) is 0.111. The Morgan fingerprint density at radius 3 is 2.05 bits per heavy atom. The predicted molar refractivity (Wildman–Crippen MR) is 221 cm³/mol. The fourth-order valence-electron chi connectivity index (χ4n) is 6.16. The first-order chi connectivity index (χ1) is 27.8. The highest BCUT2D eigenvalue weighted by atomic mass is 35.5. The molecule has 2 fully saturated rings. The van der Waals surface area contributed by atoms with Gasteiger partial charge in [0.2, 0.25) is 24.0 Å². The molecule has 1 saturated carbocycles. The van der Waals surface area contributed by atoms with Crippen LogP contribution in [-0.4, -0.2) is 96.0 Å². The number of amides is 5. The molecule has 14 nitrogen and oxygen atoms in total. The number of Topliss-reactive ketones (excluding diaryl/α,β-unsaturated/α-hetero) is 1. The lowest BCUT2D eigenvalue weighted by Gasteiger charge is -2.28. The number of nitrogens with zero attached hydrogens (tertiary/aromatic N) is 1. The third-order valence-electron chi connectivity index (χ3n) is 9.19. The molecule has 0 bridgehead atoms. The van der Waals surface area contributed by atoms with Crippen LogP contribution in [0.2, 0.25) is 5.02 Å². The summed E-state index contributed by atoms with van der Waals surface area (Å²) < 4.78 is 27.0. The average Bonchev–Trinajstić information content (AvgIpc) is 3.66. The van der Waals surface area contributed by atoms with Gasteiger partial charge in [0, 0.05) is 17.6 Å². The number of nitrogens with one attached hydrogen (secondary N) is 4. The molecule has 2 aromatic rings. The van der Waals surface area contributed by atoms with Crippen molar-refractivity contribution in [2.24, 2.45) is 11.7 Å². The Morgan fingerprint density at radius 1 is 0.966 bits per heavy atom. The third kappa shape index (κ3) is 20.1. The zero-order chi connectivity index (χ0) is 44.7. The highest BCUT2D eigenvalue weighted by Gasteiger charge is 2.26. The Kier molecular flexibility index (Phi) is 23.9. The Morgan fingerprint density at radius 2 is 1.56 bits per heavy atom. The number of carbonyl (C=O) groups excluding carboxylic acids is 7. The number of benzene rings is 2. The minimum Gasteiger partial charge on any atom is -0.391 e. The number of halogens is 3. The topological polar surface area (TPSA) is 217 Å². The van der Waals surface area contributed by atoms with Crippen molar-refractivity contribution in [2.75, 3.05) is 20.1 Å². The first-order valence-electron chi connectivity index (χ1n) is 19.7. The number of aliphatic hydroxyl groups is 1. The zero-order valence-electron chi connectivity index (χ0n) is 34.8. The van der Waals surface area contributed by atoms with Crippen molar-refractivity contribution in [1.82, 2.24) is 26.2 Å². The summed E-state index contributed by atoms with van der Waals surface area (Å²) in [4.78, 5) is 81.3. The van der Waals surface area contributed by atoms with Gasteiger partial charge >= 0.3 is 0 Å². The van der Waals surface area contributed by atoms with Crippen molar-refractivity contribution in [3.05, 3.63) is 70.2 Å². The van der Waals surface area contributed by atoms with Crippen molar-refractivity contribution in [1.29, 1.82) is 0 Å². The van der Waals surface area contributed by atoms with Gasteiger partial charge in [0.05, 0.1) is 24.2 Å². The maximum atomic E-state index is 13.5. The van der Waals surface area contributed by atoms with E-state index in [0.29, 0.717) is 22.9 Å². The lowest BCUT2D eigenvalue weighted by atomic mass is 9.84. The summed E-state index contributed by atoms with van der Waals surface area (Å²) in [7, 11) is 1.58. The second kappa shape index (κ2) is 27.1. The third-order valence-corrected chi connectivity index (χ3v) is 9.42. The van der Waals surface area contributed by atoms with Gasteiger partial charge in [-0.05, 0) is 103 Å². The number of likely N-dealkylation sites (N-methyl/N-ethyl adjacent to an activating group) is 1. The Labute approximate surface area is 350 Å². The van der Waals surface area contributed by atoms with Crippen molar-refractivity contribution >= 4 is 53.7 Å². The Bertz CT molecular complexity index is 1650. The number of rotatable bonds is 15. The Balaban J connectivity index is 0.000000455. The van der Waals surface area contributed by atoms with Gasteiger partial charge in [0.25, 0.3) is 11.8 Å². The second-order valence-electron chi connectivity index (χ2n) is 15.3. The second-order valence-corrected chi connectivity index (χ2v) is 15.7. The molecule has 5 amide bonds. The van der Waals surface area contributed by atoms with Gasteiger partial charge in [-0.1, -0.05) is 62.4 Å². The lowest BCUT2D eigenvalue weighted by Crippen LogP contribution is -2.48. The molecule has 1 aliphatic carbocycles. The van der Waals surface area contributed by atoms with Crippen molar-refractivity contribution < 1.29 is 47.4 Å². The van der Waals surface area contributed by atoms with Gasteiger partial charge in [-0.15, -0.1) is 0 Å². The van der Waals surface area contributed by atoms with E-state index in [0.717, 1.165) is 63.5 Å². The van der Waals surface area contributed by atoms with E-state index in [1.54, 1.807) is 46.0 Å². The van der Waals surface area contributed by atoms with Gasteiger partial charge in [-0.2, -0.15) is 0 Å². The Hall–Kier alpha value is -4.80. The maximum absolute atomic E-state index is 13.5. The fourth-order valence-corrected chi connectivity index (χ4v) is 6.35. The van der Waals surface area contributed by atoms with Crippen LogP contribution in [0.1, 0.15) is 114 Å². The van der Waals surface area contributed by atoms with Crippen LogP contribution in [0, 0.1) is 17.6 Å². The molecule has 4 atom stereocenters. The molecule has 2 aromatic carbocycles. The molecule has 1 saturated heterocycles. The van der Waals surface area contributed by atoms with E-state index in [1.165, 1.54) is 36.3 Å². The van der Waals surface area contributed by atoms with Gasteiger partial charge < -0.3 is 41.8 Å². The highest BCUT2D eigenvalue weighted by Crippen LogP contribution is 2.26. The molecule has 59 heavy (non-hydrogen) atoms. The molecular formula is C42H61ClF2N6O8. The summed E-state index contributed by atoms with van der Waals surface area (Å²) in [6.45, 7) is 9.31. The summed E-state index contributed by atoms with van der Waals surface area (Å²) >= 11 is 5.87. The summed E-state index contributed by atoms with van der Waals surface area (Å²) in [6, 6.07) is 7.89. The van der Waals surface area contributed by atoms with Crippen molar-refractivity contribution in [2.45, 2.75) is 122 Å². The number of carbonyl (C=O) groups is 7. The monoisotopic (exact) mass is 850 g/mol. The van der Waals surface area contributed by atoms with Crippen LogP contribution in [-0.2, 0) is 28.8 Å². The minimum atomic E-state index is -1.10. The average molecular weight is 851 g/mol. The standard InChI is InChI=1S/C17H23ClN4O4.C15H19F2NO.C6H9NO2.C4H10O/c1-3-5-12(20-2)15(24)17(26)21-9-13(23)22-14(16(19)25)10-6-4-7-11(18)8-10;1-10(11-6-3-2-4-7-11)18-15(19)14-12(16)8-5-9-13(14)17;8-4-6-2-1-3-7(6)5-9;1-4(2,3)5/h4,6-8,12,14,20H,3,5,9H2,1-2H3,(H2,19,25)(H,21,26)(H,22,23);5,8-11H,2-4,6-7H2,1H3,(H,18,19);4-6H,1-3H2;5H,1-3H3. The van der Waals surface area contributed by atoms with E-state index in [-0.39, 0.29) is 12.1 Å². The molecule has 0 radical (unpaired) electrons. The SMILES string of the molecule is CC(C)(C)O.CC(NC(=O)c1c(F)cccc1F)C1CCCCC1.CCCC(NC)C(=O)C(=O)NCC(=O)NC(C(N)=O)c1cccc(Cl)c1.O=CC1CCCN1C=O. The molecule has 7 N–H and O–H groups in total. The number of hydrogen-bond acceptors (Lipinski definition) is 9. The number of hydrogen-bond donors (Lipinski definition) is 6. The van der Waals surface area contributed by atoms with Crippen LogP contribution >= 0.6 is 11.6 Å². The molecular weight excluding hydrogens is 790 g/mol. The van der Waals surface area contributed by atoms with Crippen LogP contribution in [0.25, 0.3) is 0 Å². The number of ketones is 1. The molecule has 17 heteroatoms. The first kappa shape index (κ1) is 52.2. The van der Waals surface area contributed by atoms with E-state index in [2.05, 4.69) is 21.3 Å². The zero-order valence-corrected chi connectivity index (χ0v) is 35.6. The molecule has 2 aliphatic rings. The van der Waals surface area contributed by atoms with Crippen LogP contribution < -0.4 is 27.0 Å². The predicted octanol–water partition coefficient (Wildman–Crippen LogP) is 4.30. The number of likely N-dealkylation sites (tertiary alicyclic amines) is 1. The molecule has 328 valence electrons. The van der Waals surface area contributed by atoms with Gasteiger partial charge in [0.15, 0.2) is 0 Å². The molecule has 4 rings (SSSR count). The van der Waals surface area contributed by atoms with Gasteiger partial charge in [0.1, 0.15) is 29.5 Å². The molecule has 0 aromatic heterocycles. The number of nitrogens with two attached hydrogens (primary N) is 1. The van der Waals surface area contributed by atoms with Crippen LogP contribution in [0.3, 0.4) is 0 Å². The maximum Gasteiger partial charge on any atom is 0.289 e. The molecule has 4 unspecified atom stereocenters. The smallest absolute Gasteiger partial charge is 0.289 e. The summed E-state index contributed by atoms with van der Waals surface area (Å²) in [5, 5.41) is 19.0. The number of primary amides is 1. The van der Waals surface area contributed by atoms with Gasteiger partial charge in [-0.3, -0.25) is 28.8 Å². The van der Waals surface area contributed by atoms with E-state index >= 15 is 0 Å². The normalized spacial score (nSPS) is 16.4. The van der Waals surface area contributed by atoms with Gasteiger partial charge in [-0.25, -0.2) is 8.78 Å². The number of aldehydes is 1. The first-order valence-corrected chi connectivity index (χ1v) is 20.1. The summed E-state index contributed by atoms with van der Waals surface area (Å²) in [5.74, 6) is -4.83. The lowest BCUT2D eigenvalue weighted by molar-refractivity contribution is -0.139. The van der Waals surface area contributed by atoms with E-state index in [9.17, 15) is 42.3 Å². The summed E-state index contributed by atoms with van der Waals surface area (Å²) in [6.07, 6.45) is 10.3. The van der Waals surface area contributed by atoms with Crippen LogP contribution in [0.4, 0.5) is 8.78 Å². The highest BCUT2D eigenvalue weighted by molar-refractivity contribution is 6.38. The summed E-state index contributed by atoms with van der Waals surface area (Å²) in [5.41, 5.74) is 4.75. The molecule has 1 heterocycles. The minimum absolute atomic E-state index is 0.0493. The van der Waals surface area contributed by atoms with E-state index in [4.69, 9.17) is 22.4 Å². The largest absolute Gasteiger partial charge is 0.391 e. The molecule has 1 aliphatic heterocycles. The molecule has 0 spiro atoms. The van der Waals surface area contributed by atoms with Crippen molar-refractivity contribution in [3.63, 3.8) is 0 Å². The fraction of sp³-hybridized carbons (Fsp3) is 0.548. The van der Waals surface area contributed by atoms with Crippen LogP contribution in [0.5, 0.6) is 0 Å². The van der Waals surface area contributed by atoms with E-state index < -0.39 is 70.8 Å². The van der Waals surface area contributed by atoms with Crippen molar-refractivity contribution in [3.8, 4) is 0 Å².